The van der Waals surface area contributed by atoms with Gasteiger partial charge in [0.05, 0.1) is 16.5 Å². The van der Waals surface area contributed by atoms with Crippen molar-refractivity contribution >= 4 is 11.5 Å². The van der Waals surface area contributed by atoms with Gasteiger partial charge >= 0.3 is 0 Å². The second kappa shape index (κ2) is 1.22. The molecule has 0 aliphatic heterocycles. The first kappa shape index (κ1) is 3.55. The molecule has 0 aliphatic rings. The minimum Gasteiger partial charge on any atom is -0.107 e. The van der Waals surface area contributed by atoms with Gasteiger partial charge in [0.1, 0.15) is 0 Å². The second-order valence-corrected chi connectivity index (χ2v) is 1.61. The molecule has 0 spiro atoms. The standard InChI is InChI=1S/C2H3N2OS/c5-4-3-1-2-6-4/h1-2H,(H,3,5)/q+1. The van der Waals surface area contributed by atoms with Gasteiger partial charge in [0.2, 0.25) is 15.5 Å². The third-order valence-corrected chi connectivity index (χ3v) is 0.959. The van der Waals surface area contributed by atoms with Gasteiger partial charge in [-0.3, -0.25) is 0 Å². The summed E-state index contributed by atoms with van der Waals surface area (Å²) in [5.74, 6) is 0. The summed E-state index contributed by atoms with van der Waals surface area (Å²) >= 11 is 1.08. The molecule has 0 atom stereocenters. The Balaban J connectivity index is 3.41. The van der Waals surface area contributed by atoms with Crippen molar-refractivity contribution in [2.75, 3.05) is 0 Å². The smallest absolute Gasteiger partial charge is 0.107 e. The van der Waals surface area contributed by atoms with E-state index in [1.807, 2.05) is 0 Å². The molecule has 0 saturated carbocycles. The molecule has 1 N–H and O–H groups in total. The number of aromatic nitrogens is 2. The summed E-state index contributed by atoms with van der Waals surface area (Å²) < 4.78 is 0.667. The number of nitrogens with one attached hydrogen (secondary N) is 1. The van der Waals surface area contributed by atoms with E-state index in [-0.39, 0.29) is 0 Å². The van der Waals surface area contributed by atoms with E-state index in [9.17, 15) is 4.91 Å². The Bertz CT molecular complexity index is 149. The van der Waals surface area contributed by atoms with Crippen LogP contribution in [0.3, 0.4) is 0 Å². The average Bonchev–Trinajstić information content (AvgIpc) is 1.86. The van der Waals surface area contributed by atoms with Crippen LogP contribution in [0.4, 0.5) is 0 Å². The predicted molar refractivity (Wildman–Crippen MR) is 22.0 cm³/mol. The van der Waals surface area contributed by atoms with Crippen LogP contribution in [0.5, 0.6) is 0 Å². The fraction of sp³-hybridized carbons (Fsp3) is 0. The summed E-state index contributed by atoms with van der Waals surface area (Å²) in [6.45, 7) is 0. The second-order valence-electron chi connectivity index (χ2n) is 0.794. The van der Waals surface area contributed by atoms with Crippen molar-refractivity contribution in [3.8, 4) is 0 Å². The zero-order valence-electron chi connectivity index (χ0n) is 2.92. The lowest BCUT2D eigenvalue weighted by Crippen LogP contribution is -2.07. The highest BCUT2D eigenvalue weighted by Gasteiger charge is 1.82. The van der Waals surface area contributed by atoms with E-state index < -0.39 is 0 Å². The lowest BCUT2D eigenvalue weighted by Gasteiger charge is -1.37. The Labute approximate surface area is 38.0 Å². The van der Waals surface area contributed by atoms with Crippen LogP contribution in [0, 0.1) is 4.91 Å². The van der Waals surface area contributed by atoms with E-state index in [1.165, 1.54) is 0 Å². The number of rotatable bonds is 0. The minimum absolute atomic E-state index is 0.667. The molecule has 32 valence electrons. The molecule has 1 aromatic rings. The number of H-pyrrole nitrogens is 1. The maximum absolute atomic E-state index is 9.95. The van der Waals surface area contributed by atoms with Crippen LogP contribution in [0.25, 0.3) is 0 Å². The van der Waals surface area contributed by atoms with Crippen LogP contribution in [-0.2, 0) is 0 Å². The Morgan fingerprint density at radius 1 is 1.83 bits per heavy atom. The van der Waals surface area contributed by atoms with Crippen molar-refractivity contribution in [3.05, 3.63) is 16.5 Å². The molecule has 1 heterocycles. The first-order valence-corrected chi connectivity index (χ1v) is 2.28. The molecule has 0 aliphatic carbocycles. The molecule has 6 heavy (non-hydrogen) atoms. The predicted octanol–water partition coefficient (Wildman–Crippen LogP) is -0.00930. The van der Waals surface area contributed by atoms with Crippen molar-refractivity contribution in [1.29, 1.82) is 0 Å². The zero-order valence-corrected chi connectivity index (χ0v) is 3.73. The van der Waals surface area contributed by atoms with Gasteiger partial charge < -0.3 is 0 Å². The van der Waals surface area contributed by atoms with E-state index in [0.29, 0.717) is 3.93 Å². The van der Waals surface area contributed by atoms with Gasteiger partial charge in [-0.05, 0) is 0 Å². The van der Waals surface area contributed by atoms with Gasteiger partial charge in [0.25, 0.3) is 0 Å². The molecule has 0 saturated heterocycles. The maximum atomic E-state index is 9.95. The summed E-state index contributed by atoms with van der Waals surface area (Å²) in [5, 5.41) is 4.05. The quantitative estimate of drug-likeness (QED) is 0.461. The lowest BCUT2D eigenvalue weighted by molar-refractivity contribution is -0.488. The topological polar surface area (TPSA) is 38.8 Å². The molecule has 0 unspecified atom stereocenters. The number of hydrogen-bond acceptors (Lipinski definition) is 2. The fourth-order valence-corrected chi connectivity index (χ4v) is 0.561. The summed E-state index contributed by atoms with van der Waals surface area (Å²) in [6.07, 6.45) is 1.58. The van der Waals surface area contributed by atoms with Gasteiger partial charge in [0.15, 0.2) is 0 Å². The molecule has 0 bridgehead atoms. The van der Waals surface area contributed by atoms with Crippen LogP contribution in [-0.4, -0.2) is 5.10 Å². The third kappa shape index (κ3) is 0.463. The molecule has 1 rings (SSSR count). The largest absolute Gasteiger partial charge is 0.225 e. The lowest BCUT2D eigenvalue weighted by atomic mass is 11.1. The van der Waals surface area contributed by atoms with Crippen LogP contribution in [0.1, 0.15) is 0 Å². The Kier molecular flexibility index (Phi) is 0.719. The number of aromatic amines is 1. The van der Waals surface area contributed by atoms with Gasteiger partial charge in [-0.15, -0.1) is 5.10 Å². The molecule has 1 aromatic heterocycles. The molecule has 3 nitrogen and oxygen atoms in total. The van der Waals surface area contributed by atoms with E-state index in [0.717, 1.165) is 11.5 Å². The van der Waals surface area contributed by atoms with Crippen molar-refractivity contribution in [2.24, 2.45) is 0 Å². The Morgan fingerprint density at radius 2 is 2.67 bits per heavy atom. The first-order chi connectivity index (χ1) is 2.89. The molecule has 0 aromatic carbocycles. The summed E-state index contributed by atoms with van der Waals surface area (Å²) in [6, 6.07) is 0. The Morgan fingerprint density at radius 3 is 2.83 bits per heavy atom. The van der Waals surface area contributed by atoms with Crippen LogP contribution in [0.2, 0.25) is 0 Å². The van der Waals surface area contributed by atoms with Crippen molar-refractivity contribution in [3.63, 3.8) is 0 Å². The molecular formula is C2H3N2OS+. The summed E-state index contributed by atoms with van der Waals surface area (Å²) in [4.78, 5) is 9.95. The van der Waals surface area contributed by atoms with E-state index >= 15 is 0 Å². The highest BCUT2D eigenvalue weighted by Crippen LogP contribution is 1.73. The summed E-state index contributed by atoms with van der Waals surface area (Å²) in [7, 11) is 0. The van der Waals surface area contributed by atoms with Gasteiger partial charge in [-0.25, -0.2) is 0 Å². The number of nitrogens with zero attached hydrogens (tertiary/aromatic N) is 1. The van der Waals surface area contributed by atoms with Crippen LogP contribution in [0.15, 0.2) is 11.6 Å². The molecule has 0 amide bonds. The first-order valence-electron chi connectivity index (χ1n) is 1.45. The maximum Gasteiger partial charge on any atom is 0.225 e. The minimum atomic E-state index is 0.667. The van der Waals surface area contributed by atoms with Crippen molar-refractivity contribution in [1.82, 2.24) is 5.10 Å². The van der Waals surface area contributed by atoms with Crippen molar-refractivity contribution in [2.45, 2.75) is 0 Å². The van der Waals surface area contributed by atoms with Crippen molar-refractivity contribution < 1.29 is 3.93 Å². The zero-order chi connectivity index (χ0) is 4.41. The number of hydrogen-bond donors (Lipinski definition) is 1. The fourth-order valence-electron chi connectivity index (χ4n) is 0.207. The molecule has 4 heteroatoms. The van der Waals surface area contributed by atoms with Gasteiger partial charge in [0, 0.05) is 0 Å². The monoisotopic (exact) mass is 103 g/mol. The van der Waals surface area contributed by atoms with E-state index in [4.69, 9.17) is 0 Å². The molecular weight excluding hydrogens is 100 g/mol. The molecule has 0 radical (unpaired) electrons. The van der Waals surface area contributed by atoms with Gasteiger partial charge in [-0.1, -0.05) is 0 Å². The summed E-state index contributed by atoms with van der Waals surface area (Å²) in [5.41, 5.74) is 0. The Hall–Kier alpha value is -0.640. The van der Waals surface area contributed by atoms with Crippen LogP contribution >= 0.6 is 11.5 Å². The third-order valence-electron chi connectivity index (χ3n) is 0.405. The highest BCUT2D eigenvalue weighted by atomic mass is 32.1. The SMILES string of the molecule is O=[n+]1[nH]ccs1. The van der Waals surface area contributed by atoms with Gasteiger partial charge in [-0.2, -0.15) is 0 Å². The normalized spacial score (nSPS) is 8.67. The average molecular weight is 103 g/mol. The van der Waals surface area contributed by atoms with E-state index in [1.54, 1.807) is 11.6 Å². The molecule has 0 fully saturated rings. The highest BCUT2D eigenvalue weighted by molar-refractivity contribution is 6.99. The van der Waals surface area contributed by atoms with E-state index in [2.05, 4.69) is 5.10 Å². The van der Waals surface area contributed by atoms with Crippen LogP contribution < -0.4 is 3.93 Å².